The maximum Gasteiger partial charge on any atom is 0.191 e. The third-order valence-electron chi connectivity index (χ3n) is 5.19. The Morgan fingerprint density at radius 3 is 2.50 bits per heavy atom. The molecule has 138 valence electrons. The summed E-state index contributed by atoms with van der Waals surface area (Å²) < 4.78 is 5.75. The number of fused-ring (bicyclic) bond motifs is 2. The van der Waals surface area contributed by atoms with E-state index in [1.807, 2.05) is 19.2 Å². The van der Waals surface area contributed by atoms with E-state index in [2.05, 4.69) is 52.0 Å². The van der Waals surface area contributed by atoms with Gasteiger partial charge in [-0.1, -0.05) is 42.5 Å². The van der Waals surface area contributed by atoms with Crippen molar-refractivity contribution in [1.29, 1.82) is 0 Å². The van der Waals surface area contributed by atoms with E-state index in [-0.39, 0.29) is 30.0 Å². The van der Waals surface area contributed by atoms with Crippen LogP contribution in [0, 0.1) is 5.92 Å². The zero-order valence-corrected chi connectivity index (χ0v) is 17.4. The normalized spacial score (nSPS) is 19.0. The molecule has 0 fully saturated rings. The first-order chi connectivity index (χ1) is 12.3. The van der Waals surface area contributed by atoms with Crippen LogP contribution in [0.3, 0.4) is 0 Å². The molecule has 26 heavy (non-hydrogen) atoms. The van der Waals surface area contributed by atoms with Crippen molar-refractivity contribution in [2.45, 2.75) is 25.3 Å². The number of ether oxygens (including phenoxy) is 1. The summed E-state index contributed by atoms with van der Waals surface area (Å²) in [7, 11) is 1.84. The highest BCUT2D eigenvalue weighted by atomic mass is 127. The molecular weight excluding hydrogens is 437 g/mol. The molecule has 0 spiro atoms. The number of halogens is 1. The number of guanidine groups is 1. The van der Waals surface area contributed by atoms with E-state index in [9.17, 15) is 0 Å². The maximum absolute atomic E-state index is 5.75. The van der Waals surface area contributed by atoms with Crippen molar-refractivity contribution in [3.63, 3.8) is 0 Å². The van der Waals surface area contributed by atoms with Gasteiger partial charge in [0, 0.05) is 25.6 Å². The Morgan fingerprint density at radius 1 is 1.08 bits per heavy atom. The summed E-state index contributed by atoms with van der Waals surface area (Å²) in [6.07, 6.45) is 3.26. The Morgan fingerprint density at radius 2 is 1.77 bits per heavy atom. The molecule has 1 atom stereocenters. The monoisotopic (exact) mass is 463 g/mol. The van der Waals surface area contributed by atoms with E-state index in [4.69, 9.17) is 4.74 Å². The van der Waals surface area contributed by atoms with Gasteiger partial charge in [-0.05, 0) is 36.0 Å². The van der Waals surface area contributed by atoms with Crippen LogP contribution in [-0.2, 0) is 12.8 Å². The molecule has 1 aliphatic carbocycles. The molecule has 5 heteroatoms. The van der Waals surface area contributed by atoms with Crippen LogP contribution in [0.25, 0.3) is 0 Å². The van der Waals surface area contributed by atoms with E-state index in [0.717, 1.165) is 44.1 Å². The van der Waals surface area contributed by atoms with Gasteiger partial charge in [0.15, 0.2) is 5.96 Å². The van der Waals surface area contributed by atoms with E-state index in [1.165, 1.54) is 16.7 Å². The summed E-state index contributed by atoms with van der Waals surface area (Å²) in [5.41, 5.74) is 4.20. The summed E-state index contributed by atoms with van der Waals surface area (Å²) in [5, 5.41) is 7.09. The lowest BCUT2D eigenvalue weighted by Crippen LogP contribution is -2.42. The lowest BCUT2D eigenvalue weighted by molar-refractivity contribution is 0.261. The molecule has 4 nitrogen and oxygen atoms in total. The zero-order chi connectivity index (χ0) is 17.1. The highest BCUT2D eigenvalue weighted by Crippen LogP contribution is 2.31. The first kappa shape index (κ1) is 19.0. The molecule has 1 unspecified atom stereocenters. The number of hydrogen-bond donors (Lipinski definition) is 2. The highest BCUT2D eigenvalue weighted by molar-refractivity contribution is 14.0. The van der Waals surface area contributed by atoms with Gasteiger partial charge in [0.1, 0.15) is 5.75 Å². The number of nitrogens with one attached hydrogen (secondary N) is 2. The van der Waals surface area contributed by atoms with Gasteiger partial charge in [-0.3, -0.25) is 4.99 Å². The molecule has 0 aromatic heterocycles. The van der Waals surface area contributed by atoms with Gasteiger partial charge < -0.3 is 15.4 Å². The van der Waals surface area contributed by atoms with E-state index in [0.29, 0.717) is 5.92 Å². The van der Waals surface area contributed by atoms with Crippen molar-refractivity contribution >= 4 is 29.9 Å². The Bertz CT molecular complexity index is 752. The Hall–Kier alpha value is -1.76. The summed E-state index contributed by atoms with van der Waals surface area (Å²) in [4.78, 5) is 4.42. The minimum absolute atomic E-state index is 0. The van der Waals surface area contributed by atoms with Crippen LogP contribution in [0.15, 0.2) is 53.5 Å². The topological polar surface area (TPSA) is 45.7 Å². The van der Waals surface area contributed by atoms with Gasteiger partial charge >= 0.3 is 0 Å². The van der Waals surface area contributed by atoms with Gasteiger partial charge in [-0.25, -0.2) is 0 Å². The lowest BCUT2D eigenvalue weighted by Gasteiger charge is -2.28. The first-order valence-corrected chi connectivity index (χ1v) is 9.09. The summed E-state index contributed by atoms with van der Waals surface area (Å²) in [5.74, 6) is 2.49. The van der Waals surface area contributed by atoms with Crippen LogP contribution in [0.2, 0.25) is 0 Å². The SMILES string of the molecule is CN=C(NCC1Cc2ccccc2C1)NC1CCOc2ccccc21.I. The molecule has 2 N–H and O–H groups in total. The molecule has 2 aromatic carbocycles. The molecule has 0 bridgehead atoms. The fraction of sp³-hybridized carbons (Fsp3) is 0.381. The Kier molecular flexibility index (Phi) is 6.40. The third-order valence-corrected chi connectivity index (χ3v) is 5.19. The van der Waals surface area contributed by atoms with E-state index >= 15 is 0 Å². The van der Waals surface area contributed by atoms with Crippen molar-refractivity contribution in [3.8, 4) is 5.75 Å². The zero-order valence-electron chi connectivity index (χ0n) is 15.1. The third kappa shape index (κ3) is 4.14. The summed E-state index contributed by atoms with van der Waals surface area (Å²) in [6.45, 7) is 1.68. The largest absolute Gasteiger partial charge is 0.493 e. The Labute approximate surface area is 172 Å². The van der Waals surface area contributed by atoms with Gasteiger partial charge in [-0.2, -0.15) is 0 Å². The van der Waals surface area contributed by atoms with Crippen LogP contribution in [0.4, 0.5) is 0 Å². The lowest BCUT2D eigenvalue weighted by atomic mass is 10.0. The molecule has 2 aromatic rings. The number of para-hydroxylation sites is 1. The average Bonchev–Trinajstić information content (AvgIpc) is 3.08. The molecule has 4 rings (SSSR count). The van der Waals surface area contributed by atoms with Crippen molar-refractivity contribution in [3.05, 3.63) is 65.2 Å². The summed E-state index contributed by atoms with van der Waals surface area (Å²) in [6, 6.07) is 17.3. The number of rotatable bonds is 3. The van der Waals surface area contributed by atoms with Crippen LogP contribution < -0.4 is 15.4 Å². The highest BCUT2D eigenvalue weighted by Gasteiger charge is 2.23. The number of benzene rings is 2. The molecule has 0 radical (unpaired) electrons. The number of aliphatic imine (C=N–C) groups is 1. The van der Waals surface area contributed by atoms with Gasteiger partial charge in [0.2, 0.25) is 0 Å². The predicted molar refractivity (Wildman–Crippen MR) is 117 cm³/mol. The van der Waals surface area contributed by atoms with Crippen LogP contribution >= 0.6 is 24.0 Å². The molecule has 1 heterocycles. The summed E-state index contributed by atoms with van der Waals surface area (Å²) >= 11 is 0. The second kappa shape index (κ2) is 8.75. The minimum Gasteiger partial charge on any atom is -0.493 e. The van der Waals surface area contributed by atoms with Crippen molar-refractivity contribution in [1.82, 2.24) is 10.6 Å². The van der Waals surface area contributed by atoms with Crippen LogP contribution in [0.5, 0.6) is 5.75 Å². The molecule has 2 aliphatic rings. The molecule has 1 aliphatic heterocycles. The molecular formula is C21H26IN3O. The minimum atomic E-state index is 0. The second-order valence-electron chi connectivity index (χ2n) is 6.87. The number of hydrogen-bond acceptors (Lipinski definition) is 2. The first-order valence-electron chi connectivity index (χ1n) is 9.09. The molecule has 0 saturated carbocycles. The average molecular weight is 463 g/mol. The second-order valence-corrected chi connectivity index (χ2v) is 6.87. The fourth-order valence-electron chi connectivity index (χ4n) is 3.89. The van der Waals surface area contributed by atoms with E-state index in [1.54, 1.807) is 0 Å². The number of nitrogens with zero attached hydrogens (tertiary/aromatic N) is 1. The Balaban J connectivity index is 0.00000196. The standard InChI is InChI=1S/C21H25N3O.HI/c1-22-21(23-14-15-12-16-6-2-3-7-17(16)13-15)24-19-10-11-25-20-9-5-4-8-18(19)20;/h2-9,15,19H,10-14H2,1H3,(H2,22,23,24);1H. The molecule has 0 amide bonds. The van der Waals surface area contributed by atoms with Crippen LogP contribution in [-0.4, -0.2) is 26.2 Å². The smallest absolute Gasteiger partial charge is 0.191 e. The quantitative estimate of drug-likeness (QED) is 0.415. The molecule has 0 saturated heterocycles. The van der Waals surface area contributed by atoms with Gasteiger partial charge in [-0.15, -0.1) is 24.0 Å². The maximum atomic E-state index is 5.75. The van der Waals surface area contributed by atoms with Crippen LogP contribution in [0.1, 0.15) is 29.2 Å². The van der Waals surface area contributed by atoms with Gasteiger partial charge in [0.25, 0.3) is 0 Å². The van der Waals surface area contributed by atoms with Gasteiger partial charge in [0.05, 0.1) is 12.6 Å². The van der Waals surface area contributed by atoms with Crippen molar-refractivity contribution in [2.75, 3.05) is 20.2 Å². The van der Waals surface area contributed by atoms with Crippen molar-refractivity contribution in [2.24, 2.45) is 10.9 Å². The predicted octanol–water partition coefficient (Wildman–Crippen LogP) is 3.71. The van der Waals surface area contributed by atoms with E-state index < -0.39 is 0 Å². The fourth-order valence-corrected chi connectivity index (χ4v) is 3.89. The van der Waals surface area contributed by atoms with Crippen molar-refractivity contribution < 1.29 is 4.74 Å².